The fraction of sp³-hybridized carbons (Fsp3) is 0.125. The number of nitriles is 1. The number of nitrogens with one attached hydrogen (secondary N) is 1. The number of hydrazone groups is 1. The Kier molecular flexibility index (Phi) is 7.29. The minimum Gasteiger partial charge on any atom is -0.433 e. The van der Waals surface area contributed by atoms with E-state index in [1.165, 1.54) is 23.1 Å². The first-order valence-corrected chi connectivity index (χ1v) is 8.49. The van der Waals surface area contributed by atoms with E-state index < -0.39 is 29.5 Å². The predicted molar refractivity (Wildman–Crippen MR) is 105 cm³/mol. The summed E-state index contributed by atoms with van der Waals surface area (Å²) in [6.45, 7) is 0. The lowest BCUT2D eigenvalue weighted by atomic mass is 10.3. The summed E-state index contributed by atoms with van der Waals surface area (Å²) in [5, 5.41) is 12.2. The Labute approximate surface area is 178 Å². The first kappa shape index (κ1) is 22.6. The third-order valence-corrected chi connectivity index (χ3v) is 3.71. The molecule has 1 amide bonds. The second-order valence-electron chi connectivity index (χ2n) is 5.47. The number of hydrogen-bond donors (Lipinski definition) is 2. The van der Waals surface area contributed by atoms with Crippen molar-refractivity contribution in [2.24, 2.45) is 10.8 Å². The zero-order valence-electron chi connectivity index (χ0n) is 15.3. The number of hydrogen-bond acceptors (Lipinski definition) is 10. The highest BCUT2D eigenvalue weighted by Gasteiger charge is 2.19. The Morgan fingerprint density at radius 2 is 1.93 bits per heavy atom. The number of ether oxygens (including phenoxy) is 2. The minimum absolute atomic E-state index is 0.00764. The summed E-state index contributed by atoms with van der Waals surface area (Å²) in [6.07, 6.45) is -0.292. The highest BCUT2D eigenvalue weighted by molar-refractivity contribution is 6.44. The fourth-order valence-corrected chi connectivity index (χ4v) is 2.49. The van der Waals surface area contributed by atoms with Gasteiger partial charge in [0.15, 0.2) is 11.6 Å². The number of halogens is 3. The maximum absolute atomic E-state index is 14.5. The molecule has 1 aromatic heterocycles. The molecule has 0 saturated carbocycles. The lowest BCUT2D eigenvalue weighted by Crippen LogP contribution is -2.24. The van der Waals surface area contributed by atoms with Crippen LogP contribution in [0.1, 0.15) is 0 Å². The third-order valence-electron chi connectivity index (χ3n) is 3.15. The predicted octanol–water partition coefficient (Wildman–Crippen LogP) is 2.69. The van der Waals surface area contributed by atoms with Gasteiger partial charge < -0.3 is 20.1 Å². The molecule has 14 heteroatoms. The van der Waals surface area contributed by atoms with Crippen LogP contribution in [-0.4, -0.2) is 41.8 Å². The highest BCUT2D eigenvalue weighted by Crippen LogP contribution is 2.39. The average Bonchev–Trinajstić information content (AvgIpc) is 2.65. The molecule has 2 rings (SSSR count). The number of anilines is 2. The summed E-state index contributed by atoms with van der Waals surface area (Å²) in [7, 11) is 3.18. The van der Waals surface area contributed by atoms with E-state index in [1.54, 1.807) is 14.1 Å². The molecule has 0 radical (unpaired) electrons. The van der Waals surface area contributed by atoms with Crippen molar-refractivity contribution in [2.45, 2.75) is 0 Å². The van der Waals surface area contributed by atoms with Gasteiger partial charge in [0.1, 0.15) is 12.4 Å². The van der Waals surface area contributed by atoms with Gasteiger partial charge in [0.2, 0.25) is 11.5 Å². The van der Waals surface area contributed by atoms with Gasteiger partial charge >= 0.3 is 12.1 Å². The second-order valence-corrected chi connectivity index (χ2v) is 6.29. The quantitative estimate of drug-likeness (QED) is 0.289. The van der Waals surface area contributed by atoms with Crippen molar-refractivity contribution in [2.75, 3.05) is 24.4 Å². The molecule has 0 atom stereocenters. The fourth-order valence-electron chi connectivity index (χ4n) is 1.92. The molecule has 1 aromatic carbocycles. The van der Waals surface area contributed by atoms with Crippen LogP contribution in [0.4, 0.5) is 20.7 Å². The van der Waals surface area contributed by atoms with Crippen molar-refractivity contribution < 1.29 is 23.5 Å². The molecule has 0 aliphatic carbocycles. The van der Waals surface area contributed by atoms with E-state index in [0.717, 1.165) is 6.33 Å². The largest absolute Gasteiger partial charge is 0.433 e. The Balaban J connectivity index is 2.27. The molecule has 0 bridgehead atoms. The number of carbonyl (C=O) groups excluding carboxylic acids is 2. The summed E-state index contributed by atoms with van der Waals surface area (Å²) < 4.78 is 23.9. The van der Waals surface area contributed by atoms with E-state index in [9.17, 15) is 14.0 Å². The van der Waals surface area contributed by atoms with Crippen molar-refractivity contribution in [1.29, 1.82) is 5.26 Å². The smallest absolute Gasteiger partial charge is 0.412 e. The van der Waals surface area contributed by atoms with Crippen LogP contribution in [0.5, 0.6) is 11.6 Å². The average molecular weight is 456 g/mol. The Morgan fingerprint density at radius 1 is 1.30 bits per heavy atom. The van der Waals surface area contributed by atoms with Gasteiger partial charge in [0, 0.05) is 14.1 Å². The Hall–Kier alpha value is -3.69. The van der Waals surface area contributed by atoms with Gasteiger partial charge in [-0.1, -0.05) is 23.2 Å². The number of nitrogens with two attached hydrogens (primary N) is 1. The van der Waals surface area contributed by atoms with Gasteiger partial charge in [-0.3, -0.25) is 5.43 Å². The summed E-state index contributed by atoms with van der Waals surface area (Å²) in [5.74, 6) is -2.70. The molecule has 11 nitrogen and oxygen atoms in total. The first-order valence-electron chi connectivity index (χ1n) is 7.74. The van der Waals surface area contributed by atoms with E-state index in [1.807, 2.05) is 0 Å². The van der Waals surface area contributed by atoms with E-state index >= 15 is 0 Å². The number of nitrogens with zero attached hydrogens (tertiary/aromatic N) is 5. The van der Waals surface area contributed by atoms with Crippen LogP contribution in [0, 0.1) is 17.1 Å². The van der Waals surface area contributed by atoms with Crippen molar-refractivity contribution >= 4 is 52.5 Å². The molecule has 0 aliphatic rings. The standard InChI is InChI=1S/C16H12Cl2FN7O4/c1-26(2)13-11(19)14(23-6-22-13)29-12-8(17)3-7(4-9(12)18)24-25-10(5-20)15(27)30-16(21)28/h3-4,6,24H,1-2H3,(H2,21,28). The summed E-state index contributed by atoms with van der Waals surface area (Å²) >= 11 is 12.3. The van der Waals surface area contributed by atoms with Gasteiger partial charge in [-0.2, -0.15) is 19.7 Å². The lowest BCUT2D eigenvalue weighted by molar-refractivity contribution is -0.129. The zero-order valence-corrected chi connectivity index (χ0v) is 16.8. The highest BCUT2D eigenvalue weighted by atomic mass is 35.5. The number of esters is 1. The van der Waals surface area contributed by atoms with Crippen LogP contribution in [0.3, 0.4) is 0 Å². The molecule has 0 saturated heterocycles. The molecule has 2 aromatic rings. The molecule has 1 heterocycles. The summed E-state index contributed by atoms with van der Waals surface area (Å²) in [4.78, 5) is 31.0. The summed E-state index contributed by atoms with van der Waals surface area (Å²) in [5.41, 5.74) is 6.38. The normalized spacial score (nSPS) is 10.7. The van der Waals surface area contributed by atoms with Crippen LogP contribution in [0.25, 0.3) is 0 Å². The van der Waals surface area contributed by atoms with Crippen molar-refractivity contribution in [1.82, 2.24) is 9.97 Å². The van der Waals surface area contributed by atoms with Gasteiger partial charge in [0.05, 0.1) is 15.7 Å². The molecule has 156 valence electrons. The molecular weight excluding hydrogens is 444 g/mol. The van der Waals surface area contributed by atoms with E-state index in [-0.39, 0.29) is 27.3 Å². The molecule has 0 aliphatic heterocycles. The third kappa shape index (κ3) is 5.43. The van der Waals surface area contributed by atoms with Crippen molar-refractivity contribution in [3.8, 4) is 17.7 Å². The summed E-state index contributed by atoms with van der Waals surface area (Å²) in [6, 6.07) is 3.97. The van der Waals surface area contributed by atoms with Crippen molar-refractivity contribution in [3.05, 3.63) is 34.3 Å². The topological polar surface area (TPSA) is 156 Å². The van der Waals surface area contributed by atoms with Gasteiger partial charge in [-0.25, -0.2) is 14.6 Å². The van der Waals surface area contributed by atoms with Crippen LogP contribution in [0.15, 0.2) is 23.6 Å². The Bertz CT molecular complexity index is 1050. The molecule has 0 fully saturated rings. The van der Waals surface area contributed by atoms with E-state index in [0.29, 0.717) is 0 Å². The maximum Gasteiger partial charge on any atom is 0.412 e. The minimum atomic E-state index is -1.40. The lowest BCUT2D eigenvalue weighted by Gasteiger charge is -2.15. The van der Waals surface area contributed by atoms with E-state index in [2.05, 4.69) is 25.2 Å². The van der Waals surface area contributed by atoms with Crippen LogP contribution < -0.4 is 20.8 Å². The van der Waals surface area contributed by atoms with Crippen LogP contribution in [0.2, 0.25) is 10.0 Å². The zero-order chi connectivity index (χ0) is 22.4. The molecule has 30 heavy (non-hydrogen) atoms. The van der Waals surface area contributed by atoms with Gasteiger partial charge in [-0.05, 0) is 12.1 Å². The number of carbonyl (C=O) groups is 2. The van der Waals surface area contributed by atoms with E-state index in [4.69, 9.17) is 38.9 Å². The molecule has 3 N–H and O–H groups in total. The van der Waals surface area contributed by atoms with Gasteiger partial charge in [-0.15, -0.1) is 0 Å². The molecular formula is C16H12Cl2FN7O4. The number of primary amides is 1. The Morgan fingerprint density at radius 3 is 2.47 bits per heavy atom. The van der Waals surface area contributed by atoms with Crippen molar-refractivity contribution in [3.63, 3.8) is 0 Å². The van der Waals surface area contributed by atoms with Gasteiger partial charge in [0.25, 0.3) is 5.88 Å². The molecule has 0 spiro atoms. The number of amides is 1. The second kappa shape index (κ2) is 9.68. The van der Waals surface area contributed by atoms with Crippen LogP contribution >= 0.6 is 23.2 Å². The van der Waals surface area contributed by atoms with Crippen LogP contribution in [-0.2, 0) is 9.53 Å². The molecule has 0 unspecified atom stereocenters. The number of rotatable bonds is 6. The first-order chi connectivity index (χ1) is 14.1. The SMILES string of the molecule is CN(C)c1ncnc(Oc2c(Cl)cc(NN=C(C#N)C(=O)OC(N)=O)cc2Cl)c1F. The number of aromatic nitrogens is 2. The monoisotopic (exact) mass is 455 g/mol. The number of benzene rings is 1. The maximum atomic E-state index is 14.5.